The maximum atomic E-state index is 11.9. The fourth-order valence-electron chi connectivity index (χ4n) is 2.09. The number of benzene rings is 1. The maximum Gasteiger partial charge on any atom is 0.250 e. The van der Waals surface area contributed by atoms with Crippen LogP contribution in [0, 0.1) is 6.92 Å². The third-order valence-electron chi connectivity index (χ3n) is 3.18. The summed E-state index contributed by atoms with van der Waals surface area (Å²) in [6, 6.07) is 15.7. The molecule has 1 aromatic heterocycles. The molecule has 0 spiro atoms. The van der Waals surface area contributed by atoms with Crippen LogP contribution >= 0.6 is 0 Å². The Balaban J connectivity index is 2.29. The Kier molecular flexibility index (Phi) is 3.95. The highest BCUT2D eigenvalue weighted by Gasteiger charge is 2.11. The van der Waals surface area contributed by atoms with E-state index in [0.717, 1.165) is 5.69 Å². The van der Waals surface area contributed by atoms with Crippen LogP contribution in [0.1, 0.15) is 17.3 Å². The smallest absolute Gasteiger partial charge is 0.250 e. The lowest BCUT2D eigenvalue weighted by atomic mass is 10.1. The van der Waals surface area contributed by atoms with E-state index in [9.17, 15) is 4.79 Å². The first kappa shape index (κ1) is 12.6. The predicted octanol–water partition coefficient (Wildman–Crippen LogP) is 2.12. The second-order valence-corrected chi connectivity index (χ2v) is 4.37. The molecular formula is C15H18N2O. The molecule has 0 bridgehead atoms. The third-order valence-corrected chi connectivity index (χ3v) is 3.18. The summed E-state index contributed by atoms with van der Waals surface area (Å²) in [5.74, 6) is 0. The van der Waals surface area contributed by atoms with Crippen molar-refractivity contribution in [3.8, 4) is 0 Å². The minimum Gasteiger partial charge on any atom is -0.312 e. The Morgan fingerprint density at radius 1 is 1.11 bits per heavy atom. The average molecular weight is 242 g/mol. The summed E-state index contributed by atoms with van der Waals surface area (Å²) in [4.78, 5) is 11.9. The van der Waals surface area contributed by atoms with Gasteiger partial charge in [-0.3, -0.25) is 4.79 Å². The van der Waals surface area contributed by atoms with Gasteiger partial charge in [0.1, 0.15) is 0 Å². The molecule has 2 aromatic rings. The summed E-state index contributed by atoms with van der Waals surface area (Å²) in [7, 11) is 1.92. The Morgan fingerprint density at radius 2 is 1.83 bits per heavy atom. The molecule has 2 rings (SSSR count). The van der Waals surface area contributed by atoms with E-state index in [-0.39, 0.29) is 11.6 Å². The van der Waals surface area contributed by atoms with Gasteiger partial charge in [0.2, 0.25) is 0 Å². The minimum atomic E-state index is 0.0474. The summed E-state index contributed by atoms with van der Waals surface area (Å²) in [6.07, 6.45) is 0. The Labute approximate surface area is 107 Å². The molecule has 1 heterocycles. The molecular weight excluding hydrogens is 224 g/mol. The molecule has 0 saturated heterocycles. The van der Waals surface area contributed by atoms with Crippen LogP contribution in [-0.2, 0) is 6.54 Å². The number of likely N-dealkylation sites (N-methyl/N-ethyl adjacent to an activating group) is 1. The topological polar surface area (TPSA) is 34.0 Å². The van der Waals surface area contributed by atoms with Crippen LogP contribution in [0.2, 0.25) is 0 Å². The molecule has 0 amide bonds. The summed E-state index contributed by atoms with van der Waals surface area (Å²) >= 11 is 0. The van der Waals surface area contributed by atoms with Gasteiger partial charge in [-0.2, -0.15) is 0 Å². The lowest BCUT2D eigenvalue weighted by Gasteiger charge is -2.19. The Morgan fingerprint density at radius 3 is 2.44 bits per heavy atom. The number of rotatable bonds is 4. The van der Waals surface area contributed by atoms with E-state index in [0.29, 0.717) is 6.54 Å². The van der Waals surface area contributed by atoms with Crippen molar-refractivity contribution in [3.63, 3.8) is 0 Å². The minimum absolute atomic E-state index is 0.0474. The quantitative estimate of drug-likeness (QED) is 0.891. The second kappa shape index (κ2) is 5.65. The zero-order chi connectivity index (χ0) is 13.0. The van der Waals surface area contributed by atoms with Gasteiger partial charge in [-0.15, -0.1) is 0 Å². The molecule has 3 nitrogen and oxygen atoms in total. The van der Waals surface area contributed by atoms with Crippen LogP contribution < -0.4 is 10.9 Å². The average Bonchev–Trinajstić information content (AvgIpc) is 2.40. The van der Waals surface area contributed by atoms with E-state index in [1.165, 1.54) is 5.56 Å². The molecule has 94 valence electrons. The number of hydrogen-bond donors (Lipinski definition) is 1. The number of aromatic nitrogens is 1. The van der Waals surface area contributed by atoms with E-state index in [2.05, 4.69) is 17.4 Å². The van der Waals surface area contributed by atoms with Crippen LogP contribution in [0.25, 0.3) is 0 Å². The van der Waals surface area contributed by atoms with Crippen molar-refractivity contribution in [3.05, 3.63) is 70.1 Å². The Hall–Kier alpha value is -1.87. The molecule has 1 aromatic carbocycles. The highest BCUT2D eigenvalue weighted by atomic mass is 16.1. The van der Waals surface area contributed by atoms with Crippen molar-refractivity contribution in [2.45, 2.75) is 19.5 Å². The number of nitrogens with one attached hydrogen (secondary N) is 1. The molecule has 1 unspecified atom stereocenters. The molecule has 0 aliphatic rings. The van der Waals surface area contributed by atoms with Gasteiger partial charge in [-0.05, 0) is 25.6 Å². The van der Waals surface area contributed by atoms with Crippen LogP contribution in [0.3, 0.4) is 0 Å². The predicted molar refractivity (Wildman–Crippen MR) is 73.7 cm³/mol. The van der Waals surface area contributed by atoms with Crippen LogP contribution in [-0.4, -0.2) is 11.6 Å². The van der Waals surface area contributed by atoms with Crippen molar-refractivity contribution in [2.75, 3.05) is 7.05 Å². The standard InChI is InChI=1S/C15H18N2O/c1-12-7-6-10-15(18)17(12)11-14(16-2)13-8-4-3-5-9-13/h3-10,14,16H,11H2,1-2H3. The summed E-state index contributed by atoms with van der Waals surface area (Å²) in [5, 5.41) is 3.26. The molecule has 0 aliphatic heterocycles. The number of pyridine rings is 1. The molecule has 1 N–H and O–H groups in total. The zero-order valence-electron chi connectivity index (χ0n) is 10.8. The Bertz CT molecular complexity index is 560. The van der Waals surface area contributed by atoms with Gasteiger partial charge in [0.15, 0.2) is 0 Å². The van der Waals surface area contributed by atoms with Gasteiger partial charge < -0.3 is 9.88 Å². The highest BCUT2D eigenvalue weighted by molar-refractivity contribution is 5.19. The van der Waals surface area contributed by atoms with Crippen molar-refractivity contribution in [1.29, 1.82) is 0 Å². The molecule has 0 saturated carbocycles. The van der Waals surface area contributed by atoms with E-state index in [1.54, 1.807) is 16.7 Å². The largest absolute Gasteiger partial charge is 0.312 e. The lowest BCUT2D eigenvalue weighted by Crippen LogP contribution is -2.29. The summed E-state index contributed by atoms with van der Waals surface area (Å²) in [5.41, 5.74) is 2.22. The van der Waals surface area contributed by atoms with Gasteiger partial charge in [-0.25, -0.2) is 0 Å². The van der Waals surface area contributed by atoms with Crippen molar-refractivity contribution in [2.24, 2.45) is 0 Å². The van der Waals surface area contributed by atoms with Crippen LogP contribution in [0.15, 0.2) is 53.3 Å². The van der Waals surface area contributed by atoms with E-state index in [4.69, 9.17) is 0 Å². The molecule has 0 fully saturated rings. The zero-order valence-corrected chi connectivity index (χ0v) is 10.8. The first-order chi connectivity index (χ1) is 8.72. The summed E-state index contributed by atoms with van der Waals surface area (Å²) < 4.78 is 1.80. The fraction of sp³-hybridized carbons (Fsp3) is 0.267. The van der Waals surface area contributed by atoms with Gasteiger partial charge in [-0.1, -0.05) is 36.4 Å². The highest BCUT2D eigenvalue weighted by Crippen LogP contribution is 2.14. The van der Waals surface area contributed by atoms with Crippen molar-refractivity contribution < 1.29 is 0 Å². The summed E-state index contributed by atoms with van der Waals surface area (Å²) in [6.45, 7) is 2.60. The lowest BCUT2D eigenvalue weighted by molar-refractivity contribution is 0.484. The van der Waals surface area contributed by atoms with Crippen molar-refractivity contribution >= 4 is 0 Å². The van der Waals surface area contributed by atoms with Gasteiger partial charge in [0.05, 0.1) is 6.04 Å². The third kappa shape index (κ3) is 2.68. The first-order valence-electron chi connectivity index (χ1n) is 6.11. The molecule has 0 radical (unpaired) electrons. The van der Waals surface area contributed by atoms with Crippen LogP contribution in [0.5, 0.6) is 0 Å². The number of nitrogens with zero attached hydrogens (tertiary/aromatic N) is 1. The SMILES string of the molecule is CNC(Cn1c(C)cccc1=O)c1ccccc1. The van der Waals surface area contributed by atoms with E-state index in [1.807, 2.05) is 38.2 Å². The van der Waals surface area contributed by atoms with Crippen molar-refractivity contribution in [1.82, 2.24) is 9.88 Å². The number of hydrogen-bond acceptors (Lipinski definition) is 2. The molecule has 3 heteroatoms. The van der Waals surface area contributed by atoms with Crippen LogP contribution in [0.4, 0.5) is 0 Å². The van der Waals surface area contributed by atoms with E-state index < -0.39 is 0 Å². The fourth-order valence-corrected chi connectivity index (χ4v) is 2.09. The molecule has 0 aliphatic carbocycles. The maximum absolute atomic E-state index is 11.9. The van der Waals surface area contributed by atoms with Gasteiger partial charge in [0, 0.05) is 18.3 Å². The van der Waals surface area contributed by atoms with Gasteiger partial charge in [0.25, 0.3) is 5.56 Å². The normalized spacial score (nSPS) is 12.3. The van der Waals surface area contributed by atoms with E-state index >= 15 is 0 Å². The molecule has 18 heavy (non-hydrogen) atoms. The van der Waals surface area contributed by atoms with Gasteiger partial charge >= 0.3 is 0 Å². The first-order valence-corrected chi connectivity index (χ1v) is 6.11. The second-order valence-electron chi connectivity index (χ2n) is 4.37. The molecule has 1 atom stereocenters. The number of aryl methyl sites for hydroxylation is 1. The monoisotopic (exact) mass is 242 g/mol.